The summed E-state index contributed by atoms with van der Waals surface area (Å²) >= 11 is 0. The number of carbonyl (C=O) groups excluding carboxylic acids is 2. The molecule has 1 amide bonds. The smallest absolute Gasteiger partial charge is 0.325 e. The Balaban J connectivity index is 2.58. The largest absolute Gasteiger partial charge is 0.465 e. The molecule has 1 saturated heterocycles. The fourth-order valence-electron chi connectivity index (χ4n) is 2.90. The van der Waals surface area contributed by atoms with Crippen molar-refractivity contribution in [1.29, 1.82) is 0 Å². The molecule has 0 aromatic carbocycles. The number of hydrogen-bond donors (Lipinski definition) is 0. The van der Waals surface area contributed by atoms with Gasteiger partial charge in [-0.2, -0.15) is 0 Å². The van der Waals surface area contributed by atoms with Crippen molar-refractivity contribution in [3.8, 4) is 0 Å². The van der Waals surface area contributed by atoms with Gasteiger partial charge in [-0.15, -0.1) is 0 Å². The quantitative estimate of drug-likeness (QED) is 0.706. The van der Waals surface area contributed by atoms with Crippen LogP contribution < -0.4 is 0 Å². The van der Waals surface area contributed by atoms with Crippen LogP contribution in [0.2, 0.25) is 0 Å². The van der Waals surface area contributed by atoms with Crippen LogP contribution in [0.3, 0.4) is 0 Å². The van der Waals surface area contributed by atoms with Gasteiger partial charge in [0.25, 0.3) is 0 Å². The molecule has 19 heavy (non-hydrogen) atoms. The maximum Gasteiger partial charge on any atom is 0.325 e. The number of carbonyl (C=O) groups is 2. The molecule has 0 aromatic heterocycles. The summed E-state index contributed by atoms with van der Waals surface area (Å²) in [7, 11) is 1.65. The molecule has 0 bridgehead atoms. The van der Waals surface area contributed by atoms with Gasteiger partial charge >= 0.3 is 5.97 Å². The zero-order valence-corrected chi connectivity index (χ0v) is 12.7. The molecular weight excluding hydrogens is 244 g/mol. The van der Waals surface area contributed by atoms with Gasteiger partial charge in [0.2, 0.25) is 5.91 Å². The Morgan fingerprint density at radius 2 is 1.84 bits per heavy atom. The van der Waals surface area contributed by atoms with Gasteiger partial charge in [-0.3, -0.25) is 14.5 Å². The number of amides is 1. The first-order chi connectivity index (χ1) is 8.88. The Labute approximate surface area is 115 Å². The topological polar surface area (TPSA) is 49.9 Å². The predicted molar refractivity (Wildman–Crippen MR) is 73.7 cm³/mol. The molecule has 0 radical (unpaired) electrons. The minimum absolute atomic E-state index is 0.0198. The van der Waals surface area contributed by atoms with Crippen LogP contribution in [0.25, 0.3) is 0 Å². The lowest BCUT2D eigenvalue weighted by Gasteiger charge is -2.33. The second-order valence-electron chi connectivity index (χ2n) is 5.40. The monoisotopic (exact) mass is 270 g/mol. The van der Waals surface area contributed by atoms with E-state index in [9.17, 15) is 9.59 Å². The highest BCUT2D eigenvalue weighted by molar-refractivity contribution is 5.85. The highest BCUT2D eigenvalue weighted by atomic mass is 16.5. The van der Waals surface area contributed by atoms with Gasteiger partial charge in [0, 0.05) is 19.1 Å². The van der Waals surface area contributed by atoms with Crippen LogP contribution in [-0.2, 0) is 14.3 Å². The standard InChI is InChI=1S/C14H26N2O3/c1-6-19-13(17)9-15(5)14(18)12(4)16-10(2)7-8-11(16)3/h10-12H,6-9H2,1-5H3. The van der Waals surface area contributed by atoms with Gasteiger partial charge < -0.3 is 9.64 Å². The Hall–Kier alpha value is -1.10. The Kier molecular flexibility index (Phi) is 5.79. The van der Waals surface area contributed by atoms with Gasteiger partial charge in [-0.1, -0.05) is 0 Å². The van der Waals surface area contributed by atoms with Crippen LogP contribution in [0.15, 0.2) is 0 Å². The third-order valence-corrected chi connectivity index (χ3v) is 3.87. The molecule has 0 aromatic rings. The van der Waals surface area contributed by atoms with Gasteiger partial charge in [-0.25, -0.2) is 0 Å². The molecular formula is C14H26N2O3. The normalized spacial score (nSPS) is 25.1. The van der Waals surface area contributed by atoms with Crippen LogP contribution in [0.5, 0.6) is 0 Å². The zero-order valence-electron chi connectivity index (χ0n) is 12.7. The van der Waals surface area contributed by atoms with Crippen molar-refractivity contribution in [2.75, 3.05) is 20.2 Å². The maximum atomic E-state index is 12.3. The van der Waals surface area contributed by atoms with E-state index in [-0.39, 0.29) is 24.5 Å². The first kappa shape index (κ1) is 16.0. The van der Waals surface area contributed by atoms with E-state index in [2.05, 4.69) is 18.7 Å². The van der Waals surface area contributed by atoms with Crippen molar-refractivity contribution in [3.63, 3.8) is 0 Å². The number of rotatable bonds is 5. The minimum Gasteiger partial charge on any atom is -0.465 e. The summed E-state index contributed by atoms with van der Waals surface area (Å²) in [5.41, 5.74) is 0. The lowest BCUT2D eigenvalue weighted by atomic mass is 10.2. The van der Waals surface area contributed by atoms with Gasteiger partial charge in [0.05, 0.1) is 12.6 Å². The van der Waals surface area contributed by atoms with E-state index < -0.39 is 0 Å². The molecule has 1 aliphatic heterocycles. The van der Waals surface area contributed by atoms with Crippen LogP contribution in [-0.4, -0.2) is 60.0 Å². The summed E-state index contributed by atoms with van der Waals surface area (Å²) in [6.45, 7) is 8.35. The summed E-state index contributed by atoms with van der Waals surface area (Å²) in [5, 5.41) is 0. The number of nitrogens with zero attached hydrogens (tertiary/aromatic N) is 2. The van der Waals surface area contributed by atoms with Crippen molar-refractivity contribution >= 4 is 11.9 Å². The lowest BCUT2D eigenvalue weighted by Crippen LogP contribution is -2.50. The number of ether oxygens (including phenoxy) is 1. The SMILES string of the molecule is CCOC(=O)CN(C)C(=O)C(C)N1C(C)CCC1C. The Bertz CT molecular complexity index is 323. The summed E-state index contributed by atoms with van der Waals surface area (Å²) < 4.78 is 4.86. The first-order valence-electron chi connectivity index (χ1n) is 7.06. The van der Waals surface area contributed by atoms with E-state index in [1.165, 1.54) is 4.90 Å². The van der Waals surface area contributed by atoms with Gasteiger partial charge in [0.15, 0.2) is 0 Å². The highest BCUT2D eigenvalue weighted by Crippen LogP contribution is 2.26. The van der Waals surface area contributed by atoms with E-state index >= 15 is 0 Å². The summed E-state index contributed by atoms with van der Waals surface area (Å²) in [5.74, 6) is -0.373. The molecule has 1 rings (SSSR count). The average molecular weight is 270 g/mol. The third kappa shape index (κ3) is 3.93. The fourth-order valence-corrected chi connectivity index (χ4v) is 2.90. The number of likely N-dealkylation sites (N-methyl/N-ethyl adjacent to an activating group) is 1. The van der Waals surface area contributed by atoms with E-state index in [0.29, 0.717) is 18.7 Å². The number of likely N-dealkylation sites (tertiary alicyclic amines) is 1. The van der Waals surface area contributed by atoms with E-state index in [0.717, 1.165) is 12.8 Å². The molecule has 0 aliphatic carbocycles. The molecule has 110 valence electrons. The fraction of sp³-hybridized carbons (Fsp3) is 0.857. The van der Waals surface area contributed by atoms with Crippen LogP contribution >= 0.6 is 0 Å². The molecule has 0 N–H and O–H groups in total. The second kappa shape index (κ2) is 6.89. The first-order valence-corrected chi connectivity index (χ1v) is 7.06. The third-order valence-electron chi connectivity index (χ3n) is 3.87. The Morgan fingerprint density at radius 3 is 2.32 bits per heavy atom. The average Bonchev–Trinajstić information content (AvgIpc) is 2.67. The van der Waals surface area contributed by atoms with Crippen molar-refractivity contribution in [3.05, 3.63) is 0 Å². The van der Waals surface area contributed by atoms with Crippen molar-refractivity contribution in [2.24, 2.45) is 0 Å². The van der Waals surface area contributed by atoms with Crippen LogP contribution in [0.1, 0.15) is 40.5 Å². The van der Waals surface area contributed by atoms with E-state index in [1.54, 1.807) is 14.0 Å². The summed E-state index contributed by atoms with van der Waals surface area (Å²) in [6, 6.07) is 0.654. The van der Waals surface area contributed by atoms with Crippen molar-refractivity contribution < 1.29 is 14.3 Å². The molecule has 1 fully saturated rings. The highest BCUT2D eigenvalue weighted by Gasteiger charge is 2.35. The summed E-state index contributed by atoms with van der Waals surface area (Å²) in [6.07, 6.45) is 2.25. The predicted octanol–water partition coefficient (Wildman–Crippen LogP) is 1.27. The van der Waals surface area contributed by atoms with Crippen molar-refractivity contribution in [2.45, 2.75) is 58.7 Å². The summed E-state index contributed by atoms with van der Waals surface area (Å²) in [4.78, 5) is 27.4. The minimum atomic E-state index is -0.354. The molecule has 3 atom stereocenters. The molecule has 5 heteroatoms. The van der Waals surface area contributed by atoms with E-state index in [1.807, 2.05) is 6.92 Å². The van der Waals surface area contributed by atoms with Crippen LogP contribution in [0.4, 0.5) is 0 Å². The molecule has 5 nitrogen and oxygen atoms in total. The van der Waals surface area contributed by atoms with Gasteiger partial charge in [0.1, 0.15) is 6.54 Å². The number of esters is 1. The maximum absolute atomic E-state index is 12.3. The van der Waals surface area contributed by atoms with Crippen LogP contribution in [0, 0.1) is 0 Å². The van der Waals surface area contributed by atoms with E-state index in [4.69, 9.17) is 4.74 Å². The molecule has 1 heterocycles. The lowest BCUT2D eigenvalue weighted by molar-refractivity contribution is -0.149. The van der Waals surface area contributed by atoms with Crippen molar-refractivity contribution in [1.82, 2.24) is 9.80 Å². The molecule has 3 unspecified atom stereocenters. The second-order valence-corrected chi connectivity index (χ2v) is 5.40. The van der Waals surface area contributed by atoms with Gasteiger partial charge in [-0.05, 0) is 40.5 Å². The molecule has 0 saturated carbocycles. The molecule has 0 spiro atoms. The zero-order chi connectivity index (χ0) is 14.6. The number of hydrogen-bond acceptors (Lipinski definition) is 4. The Morgan fingerprint density at radius 1 is 1.32 bits per heavy atom. The molecule has 1 aliphatic rings.